The van der Waals surface area contributed by atoms with Gasteiger partial charge in [-0.25, -0.2) is 0 Å². The van der Waals surface area contributed by atoms with Gasteiger partial charge in [0.2, 0.25) is 29.5 Å². The molecule has 16 nitrogen and oxygen atoms in total. The lowest BCUT2D eigenvalue weighted by Crippen LogP contribution is -2.53. The van der Waals surface area contributed by atoms with Gasteiger partial charge in [0.1, 0.15) is 29.6 Å². The van der Waals surface area contributed by atoms with Crippen LogP contribution in [-0.2, 0) is 40.0 Å². The third-order valence-electron chi connectivity index (χ3n) is 12.7. The number of aliphatic hydroxyl groups is 2. The SMILES string of the molecule is CCCCCCCCCCCCCCCC(=O)N(C)[C@H](CO)C(=O)N[C@H](C)C(=O)CCC(=O)N(C)[C@@H]1C(=O)C[C@@H](C)C(=O)N[C@H](C(=O)N[C@H](C)CO)Cc2ccc(O)c(c2)-c2cc1ccc2O. The highest BCUT2D eigenvalue weighted by molar-refractivity contribution is 5.97. The van der Waals surface area contributed by atoms with E-state index in [1.54, 1.807) is 19.1 Å². The van der Waals surface area contributed by atoms with Gasteiger partial charge < -0.3 is 46.2 Å². The summed E-state index contributed by atoms with van der Waals surface area (Å²) in [5.41, 5.74) is 1.06. The number of carbonyl (C=O) groups is 7. The maximum atomic E-state index is 14.2. The maximum absolute atomic E-state index is 14.2. The highest BCUT2D eigenvalue weighted by atomic mass is 16.3. The number of unbranched alkanes of at least 4 members (excludes halogenated alkanes) is 12. The highest BCUT2D eigenvalue weighted by Gasteiger charge is 2.34. The molecular weight excluding hydrogens is 859 g/mol. The average Bonchev–Trinajstić information content (AvgIpc) is 3.30. The molecule has 3 rings (SSSR count). The molecule has 372 valence electrons. The third-order valence-corrected chi connectivity index (χ3v) is 12.7. The molecule has 0 radical (unpaired) electrons. The number of nitrogens with one attached hydrogen (secondary N) is 3. The van der Waals surface area contributed by atoms with Gasteiger partial charge in [-0.2, -0.15) is 0 Å². The standard InChI is InChI=1S/C51H77N5O11/c1-7-8-9-10-11-12-13-14-15-16-17-18-19-20-46(63)55(5)41(32-58)51(67)53-35(4)42(59)25-26-47(64)56(6)48-37-22-24-44(61)39(30-37)38-28-36(21-23-43(38)60)29-40(50(66)52-34(3)31-57)54-49(65)33(2)27-45(48)62/h21-24,28,30,33-35,40-41,48,57-58,60-61H,7-20,25-27,29,31-32H2,1-6H3,(H,52,66)(H,53,67)(H,54,65)/t33-,34-,35-,40+,41-,48+/m1/s1. The van der Waals surface area contributed by atoms with Gasteiger partial charge in [0.15, 0.2) is 11.6 Å². The molecule has 0 saturated carbocycles. The average molecular weight is 936 g/mol. The molecule has 0 saturated heterocycles. The molecule has 0 aromatic heterocycles. The number of fused-ring (bicyclic) bond motifs is 5. The van der Waals surface area contributed by atoms with E-state index >= 15 is 0 Å². The summed E-state index contributed by atoms with van der Waals surface area (Å²) in [5, 5.41) is 49.5. The number of benzene rings is 2. The number of ketones is 2. The predicted molar refractivity (Wildman–Crippen MR) is 256 cm³/mol. The number of nitrogens with zero attached hydrogens (tertiary/aromatic N) is 2. The van der Waals surface area contributed by atoms with Crippen LogP contribution in [0.15, 0.2) is 36.4 Å². The van der Waals surface area contributed by atoms with Crippen molar-refractivity contribution in [1.82, 2.24) is 25.8 Å². The second-order valence-corrected chi connectivity index (χ2v) is 18.4. The number of amides is 5. The summed E-state index contributed by atoms with van der Waals surface area (Å²) in [6.07, 6.45) is 14.3. The highest BCUT2D eigenvalue weighted by Crippen LogP contribution is 2.39. The zero-order valence-electron chi connectivity index (χ0n) is 40.6. The van der Waals surface area contributed by atoms with Crippen molar-refractivity contribution < 1.29 is 54.0 Å². The number of phenols is 2. The molecule has 0 spiro atoms. The first-order valence-corrected chi connectivity index (χ1v) is 24.3. The fourth-order valence-electron chi connectivity index (χ4n) is 8.33. The van der Waals surface area contributed by atoms with Crippen molar-refractivity contribution in [2.75, 3.05) is 27.3 Å². The summed E-state index contributed by atoms with van der Waals surface area (Å²) in [7, 11) is 2.82. The first-order valence-electron chi connectivity index (χ1n) is 24.3. The Balaban J connectivity index is 1.64. The van der Waals surface area contributed by atoms with Crippen LogP contribution in [0.3, 0.4) is 0 Å². The fourth-order valence-corrected chi connectivity index (χ4v) is 8.33. The minimum Gasteiger partial charge on any atom is -0.507 e. The Morgan fingerprint density at radius 1 is 0.716 bits per heavy atom. The van der Waals surface area contributed by atoms with E-state index < -0.39 is 77.9 Å². The summed E-state index contributed by atoms with van der Waals surface area (Å²) in [6, 6.07) is 3.34. The topological polar surface area (TPSA) is 243 Å². The monoisotopic (exact) mass is 936 g/mol. The number of likely N-dealkylation sites (N-methyl/N-ethyl adjacent to an activating group) is 2. The molecule has 7 N–H and O–H groups in total. The smallest absolute Gasteiger partial charge is 0.245 e. The first kappa shape index (κ1) is 56.0. The van der Waals surface area contributed by atoms with E-state index in [0.29, 0.717) is 12.0 Å². The number of hydrogen-bond donors (Lipinski definition) is 7. The molecule has 67 heavy (non-hydrogen) atoms. The van der Waals surface area contributed by atoms with Crippen LogP contribution >= 0.6 is 0 Å². The molecule has 0 aliphatic carbocycles. The maximum Gasteiger partial charge on any atom is 0.245 e. The van der Waals surface area contributed by atoms with E-state index in [1.807, 2.05) is 0 Å². The van der Waals surface area contributed by atoms with Crippen molar-refractivity contribution in [1.29, 1.82) is 0 Å². The molecule has 4 bridgehead atoms. The lowest BCUT2D eigenvalue weighted by molar-refractivity contribution is -0.142. The van der Waals surface area contributed by atoms with E-state index in [9.17, 15) is 54.0 Å². The quantitative estimate of drug-likeness (QED) is 0.0577. The molecule has 1 aliphatic heterocycles. The number of rotatable bonds is 26. The van der Waals surface area contributed by atoms with Crippen LogP contribution in [0.1, 0.15) is 154 Å². The van der Waals surface area contributed by atoms with Gasteiger partial charge in [-0.3, -0.25) is 33.6 Å². The lowest BCUT2D eigenvalue weighted by atomic mass is 9.89. The van der Waals surface area contributed by atoms with E-state index in [0.717, 1.165) is 24.2 Å². The number of hydrogen-bond acceptors (Lipinski definition) is 11. The molecule has 16 heteroatoms. The molecule has 0 unspecified atom stereocenters. The number of aliphatic hydroxyl groups excluding tert-OH is 2. The van der Waals surface area contributed by atoms with Gasteiger partial charge in [-0.15, -0.1) is 0 Å². The van der Waals surface area contributed by atoms with Gasteiger partial charge in [-0.1, -0.05) is 103 Å². The van der Waals surface area contributed by atoms with Gasteiger partial charge in [-0.05, 0) is 55.7 Å². The van der Waals surface area contributed by atoms with Crippen LogP contribution in [0.2, 0.25) is 0 Å². The van der Waals surface area contributed by atoms with Gasteiger partial charge in [0.05, 0.1) is 19.3 Å². The summed E-state index contributed by atoms with van der Waals surface area (Å²) < 4.78 is 0. The molecule has 1 heterocycles. The Hall–Kier alpha value is -5.35. The zero-order chi connectivity index (χ0) is 49.6. The molecule has 2 aromatic rings. The van der Waals surface area contributed by atoms with Crippen molar-refractivity contribution in [2.24, 2.45) is 5.92 Å². The van der Waals surface area contributed by atoms with Crippen LogP contribution < -0.4 is 16.0 Å². The third kappa shape index (κ3) is 17.7. The zero-order valence-corrected chi connectivity index (χ0v) is 40.6. The van der Waals surface area contributed by atoms with E-state index in [-0.39, 0.29) is 72.8 Å². The fraction of sp³-hybridized carbons (Fsp3) is 0.627. The van der Waals surface area contributed by atoms with Crippen LogP contribution in [0.4, 0.5) is 0 Å². The van der Waals surface area contributed by atoms with Crippen molar-refractivity contribution in [3.8, 4) is 22.6 Å². The number of Topliss-reactive ketones (excluding diaryl/α,β-unsaturated/α-hetero) is 2. The molecule has 2 aromatic carbocycles. The minimum absolute atomic E-state index is 0.0245. The molecule has 1 aliphatic rings. The second-order valence-electron chi connectivity index (χ2n) is 18.4. The lowest BCUT2D eigenvalue weighted by Gasteiger charge is -2.30. The Bertz CT molecular complexity index is 1970. The summed E-state index contributed by atoms with van der Waals surface area (Å²) in [6.45, 7) is 5.76. The van der Waals surface area contributed by atoms with Gasteiger partial charge >= 0.3 is 0 Å². The molecule has 0 fully saturated rings. The summed E-state index contributed by atoms with van der Waals surface area (Å²) in [5.74, 6) is -5.34. The van der Waals surface area contributed by atoms with Gasteiger partial charge in [0, 0.05) is 69.3 Å². The summed E-state index contributed by atoms with van der Waals surface area (Å²) in [4.78, 5) is 96.7. The molecule has 5 amide bonds. The second kappa shape index (κ2) is 28.7. The predicted octanol–water partition coefficient (Wildman–Crippen LogP) is 5.55. The normalized spacial score (nSPS) is 17.6. The van der Waals surface area contributed by atoms with E-state index in [4.69, 9.17) is 0 Å². The van der Waals surface area contributed by atoms with Crippen molar-refractivity contribution in [2.45, 2.75) is 173 Å². The van der Waals surface area contributed by atoms with Crippen LogP contribution in [-0.4, -0.2) is 123 Å². The number of aromatic hydroxyl groups is 2. The Labute approximate surface area is 396 Å². The summed E-state index contributed by atoms with van der Waals surface area (Å²) >= 11 is 0. The Kier molecular flexibility index (Phi) is 24.0. The van der Waals surface area contributed by atoms with Crippen molar-refractivity contribution >= 4 is 41.1 Å². The van der Waals surface area contributed by atoms with Crippen molar-refractivity contribution in [3.63, 3.8) is 0 Å². The van der Waals surface area contributed by atoms with Crippen LogP contribution in [0.25, 0.3) is 11.1 Å². The van der Waals surface area contributed by atoms with E-state index in [2.05, 4.69) is 22.9 Å². The number of phenolic OH excluding ortho intramolecular Hbond substituents is 2. The first-order chi connectivity index (χ1) is 31.9. The van der Waals surface area contributed by atoms with Crippen LogP contribution in [0.5, 0.6) is 11.5 Å². The Morgan fingerprint density at radius 3 is 1.87 bits per heavy atom. The largest absolute Gasteiger partial charge is 0.507 e. The van der Waals surface area contributed by atoms with Crippen molar-refractivity contribution in [3.05, 3.63) is 47.5 Å². The van der Waals surface area contributed by atoms with Gasteiger partial charge in [0.25, 0.3) is 0 Å². The number of carbonyl (C=O) groups excluding carboxylic acids is 7. The Morgan fingerprint density at radius 2 is 1.28 bits per heavy atom. The van der Waals surface area contributed by atoms with E-state index in [1.165, 1.54) is 115 Å². The minimum atomic E-state index is -1.31. The molecular formula is C51H77N5O11. The molecule has 6 atom stereocenters. The van der Waals surface area contributed by atoms with Crippen LogP contribution in [0, 0.1) is 5.92 Å².